The van der Waals surface area contributed by atoms with Gasteiger partial charge in [-0.25, -0.2) is 8.42 Å². The Bertz CT molecular complexity index is 1040. The molecule has 9 heteroatoms. The third-order valence-corrected chi connectivity index (χ3v) is 9.02. The van der Waals surface area contributed by atoms with E-state index in [0.717, 1.165) is 16.9 Å². The fraction of sp³-hybridized carbons (Fsp3) is 0.500. The van der Waals surface area contributed by atoms with Crippen LogP contribution in [0.1, 0.15) is 12.0 Å². The average Bonchev–Trinajstić information content (AvgIpc) is 3.44. The molecule has 3 fully saturated rings. The van der Waals surface area contributed by atoms with Gasteiger partial charge in [0.25, 0.3) is 0 Å². The van der Waals surface area contributed by atoms with E-state index in [0.29, 0.717) is 0 Å². The van der Waals surface area contributed by atoms with Crippen molar-refractivity contribution in [3.05, 3.63) is 42.0 Å². The van der Waals surface area contributed by atoms with E-state index in [-0.39, 0.29) is 79.0 Å². The first-order chi connectivity index (χ1) is 14.8. The number of piperazine rings is 1. The Morgan fingerprint density at radius 3 is 2.03 bits per heavy atom. The molecule has 4 aliphatic rings. The highest BCUT2D eigenvalue weighted by atomic mass is 32.2. The second kappa shape index (κ2) is 7.27. The Balaban J connectivity index is 1.21. The summed E-state index contributed by atoms with van der Waals surface area (Å²) in [6.45, 7) is 2.48. The number of benzene rings is 1. The first kappa shape index (κ1) is 20.4. The monoisotopic (exact) mass is 443 g/mol. The molecule has 1 aromatic carbocycles. The van der Waals surface area contributed by atoms with Crippen molar-refractivity contribution >= 4 is 27.7 Å². The largest absolute Gasteiger partial charge is 0.338 e. The van der Waals surface area contributed by atoms with Crippen molar-refractivity contribution in [2.24, 2.45) is 23.7 Å². The van der Waals surface area contributed by atoms with Gasteiger partial charge in [-0.15, -0.1) is 0 Å². The topological polar surface area (TPSA) is 95.1 Å². The maximum absolute atomic E-state index is 12.8. The number of imide groups is 1. The van der Waals surface area contributed by atoms with Gasteiger partial charge in [0.15, 0.2) is 0 Å². The number of amides is 3. The van der Waals surface area contributed by atoms with Gasteiger partial charge in [0.2, 0.25) is 27.7 Å². The average molecular weight is 444 g/mol. The minimum absolute atomic E-state index is 0.113. The summed E-state index contributed by atoms with van der Waals surface area (Å²) < 4.78 is 27.1. The number of hydrogen-bond donors (Lipinski definition) is 0. The van der Waals surface area contributed by atoms with Crippen molar-refractivity contribution in [1.29, 1.82) is 0 Å². The standard InChI is InChI=1S/C22H25N3O5S/c1-14-2-6-17(7-3-14)31(29,30)24-10-8-23(9-11-24)18(26)13-25-21(27)19-15-4-5-16(12-15)20(19)22(25)28/h2-7,15-16,19-20H,8-13H2,1H3/t15-,16-,19-,20+/m0/s1. The van der Waals surface area contributed by atoms with E-state index in [4.69, 9.17) is 0 Å². The van der Waals surface area contributed by atoms with Crippen LogP contribution in [0.3, 0.4) is 0 Å². The number of carbonyl (C=O) groups is 3. The zero-order chi connectivity index (χ0) is 21.9. The molecule has 2 bridgehead atoms. The van der Waals surface area contributed by atoms with Crippen LogP contribution in [0.25, 0.3) is 0 Å². The van der Waals surface area contributed by atoms with E-state index in [1.165, 1.54) is 4.31 Å². The number of carbonyl (C=O) groups excluding carboxylic acids is 3. The third-order valence-electron chi connectivity index (χ3n) is 7.11. The summed E-state index contributed by atoms with van der Waals surface area (Å²) in [6, 6.07) is 6.69. The predicted molar refractivity (Wildman–Crippen MR) is 111 cm³/mol. The van der Waals surface area contributed by atoms with E-state index in [1.54, 1.807) is 29.2 Å². The van der Waals surface area contributed by atoms with Gasteiger partial charge in [-0.3, -0.25) is 19.3 Å². The lowest BCUT2D eigenvalue weighted by Crippen LogP contribution is -2.53. The quantitative estimate of drug-likeness (QED) is 0.503. The van der Waals surface area contributed by atoms with E-state index in [1.807, 2.05) is 19.1 Å². The second-order valence-electron chi connectivity index (χ2n) is 8.86. The Kier molecular flexibility index (Phi) is 4.78. The van der Waals surface area contributed by atoms with Gasteiger partial charge >= 0.3 is 0 Å². The molecule has 1 aromatic rings. The molecule has 2 aliphatic heterocycles. The summed E-state index contributed by atoms with van der Waals surface area (Å²) in [5.74, 6) is -1.18. The first-order valence-electron chi connectivity index (χ1n) is 10.7. The smallest absolute Gasteiger partial charge is 0.243 e. The van der Waals surface area contributed by atoms with Crippen molar-refractivity contribution in [2.45, 2.75) is 18.2 Å². The molecule has 0 spiro atoms. The lowest BCUT2D eigenvalue weighted by molar-refractivity contribution is -0.147. The Morgan fingerprint density at radius 1 is 0.935 bits per heavy atom. The van der Waals surface area contributed by atoms with E-state index < -0.39 is 10.0 Å². The highest BCUT2D eigenvalue weighted by molar-refractivity contribution is 7.89. The van der Waals surface area contributed by atoms with Crippen LogP contribution in [0.4, 0.5) is 0 Å². The molecule has 2 saturated heterocycles. The van der Waals surface area contributed by atoms with Crippen molar-refractivity contribution in [2.75, 3.05) is 32.7 Å². The molecule has 8 nitrogen and oxygen atoms in total. The summed E-state index contributed by atoms with van der Waals surface area (Å²) in [6.07, 6.45) is 4.90. The molecule has 2 aliphatic carbocycles. The molecule has 0 radical (unpaired) electrons. The molecule has 1 saturated carbocycles. The molecule has 3 amide bonds. The maximum Gasteiger partial charge on any atom is 0.243 e. The van der Waals surface area contributed by atoms with Gasteiger partial charge in [0.05, 0.1) is 16.7 Å². The van der Waals surface area contributed by atoms with Crippen LogP contribution in [0, 0.1) is 30.6 Å². The van der Waals surface area contributed by atoms with Gasteiger partial charge in [-0.2, -0.15) is 4.31 Å². The summed E-state index contributed by atoms with van der Waals surface area (Å²) in [5, 5.41) is 0. The molecule has 164 valence electrons. The minimum Gasteiger partial charge on any atom is -0.338 e. The number of likely N-dealkylation sites (tertiary alicyclic amines) is 1. The van der Waals surface area contributed by atoms with E-state index in [9.17, 15) is 22.8 Å². The number of fused-ring (bicyclic) bond motifs is 5. The normalized spacial score (nSPS) is 30.4. The van der Waals surface area contributed by atoms with Gasteiger partial charge in [-0.1, -0.05) is 29.8 Å². The minimum atomic E-state index is -3.61. The summed E-state index contributed by atoms with van der Waals surface area (Å²) >= 11 is 0. The number of aryl methyl sites for hydroxylation is 1. The molecule has 0 unspecified atom stereocenters. The highest BCUT2D eigenvalue weighted by Crippen LogP contribution is 2.52. The fourth-order valence-corrected chi connectivity index (χ4v) is 6.81. The maximum atomic E-state index is 12.8. The molecule has 2 heterocycles. The Labute approximate surface area is 181 Å². The zero-order valence-corrected chi connectivity index (χ0v) is 18.1. The van der Waals surface area contributed by atoms with Crippen molar-refractivity contribution in [3.63, 3.8) is 0 Å². The number of hydrogen-bond acceptors (Lipinski definition) is 5. The van der Waals surface area contributed by atoms with Gasteiger partial charge in [0, 0.05) is 26.2 Å². The third kappa shape index (κ3) is 3.22. The van der Waals surface area contributed by atoms with Crippen molar-refractivity contribution in [3.8, 4) is 0 Å². The number of nitrogens with zero attached hydrogens (tertiary/aromatic N) is 3. The van der Waals surface area contributed by atoms with Crippen molar-refractivity contribution in [1.82, 2.24) is 14.1 Å². The Morgan fingerprint density at radius 2 is 1.48 bits per heavy atom. The first-order valence-corrected chi connectivity index (χ1v) is 12.1. The van der Waals surface area contributed by atoms with E-state index >= 15 is 0 Å². The molecule has 5 rings (SSSR count). The molecule has 4 atom stereocenters. The van der Waals surface area contributed by atoms with Crippen LogP contribution >= 0.6 is 0 Å². The van der Waals surface area contributed by atoms with Gasteiger partial charge < -0.3 is 4.90 Å². The summed E-state index contributed by atoms with van der Waals surface area (Å²) in [4.78, 5) is 41.3. The van der Waals surface area contributed by atoms with Crippen LogP contribution in [0.2, 0.25) is 0 Å². The second-order valence-corrected chi connectivity index (χ2v) is 10.8. The lowest BCUT2D eigenvalue weighted by Gasteiger charge is -2.34. The lowest BCUT2D eigenvalue weighted by atomic mass is 9.85. The van der Waals surface area contributed by atoms with Gasteiger partial charge in [0.1, 0.15) is 6.54 Å². The molecule has 31 heavy (non-hydrogen) atoms. The number of allylic oxidation sites excluding steroid dienone is 2. The molecule has 0 N–H and O–H groups in total. The summed E-state index contributed by atoms with van der Waals surface area (Å²) in [7, 11) is -3.61. The molecular weight excluding hydrogens is 418 g/mol. The Hall–Kier alpha value is -2.52. The van der Waals surface area contributed by atoms with Crippen LogP contribution < -0.4 is 0 Å². The number of rotatable bonds is 4. The molecular formula is C22H25N3O5S. The summed E-state index contributed by atoms with van der Waals surface area (Å²) in [5.41, 5.74) is 0.980. The van der Waals surface area contributed by atoms with Crippen LogP contribution in [0.15, 0.2) is 41.3 Å². The van der Waals surface area contributed by atoms with Crippen LogP contribution in [-0.4, -0.2) is 73.0 Å². The SMILES string of the molecule is Cc1ccc(S(=O)(=O)N2CCN(C(=O)CN3C(=O)[C@@H]4[C@H](C3=O)[C@H]3C=C[C@H]4C3)CC2)cc1. The van der Waals surface area contributed by atoms with Gasteiger partial charge in [-0.05, 0) is 37.3 Å². The number of sulfonamides is 1. The van der Waals surface area contributed by atoms with Crippen molar-refractivity contribution < 1.29 is 22.8 Å². The van der Waals surface area contributed by atoms with Crippen LogP contribution in [-0.2, 0) is 24.4 Å². The molecule has 0 aromatic heterocycles. The fourth-order valence-electron chi connectivity index (χ4n) is 5.39. The van der Waals surface area contributed by atoms with Crippen LogP contribution in [0.5, 0.6) is 0 Å². The highest BCUT2D eigenvalue weighted by Gasteiger charge is 2.59. The predicted octanol–water partition coefficient (Wildman–Crippen LogP) is 0.635. The van der Waals surface area contributed by atoms with E-state index in [2.05, 4.69) is 0 Å². The zero-order valence-electron chi connectivity index (χ0n) is 17.3.